The number of aromatic nitrogens is 5. The van der Waals surface area contributed by atoms with Gasteiger partial charge in [0.1, 0.15) is 17.7 Å². The lowest BCUT2D eigenvalue weighted by Gasteiger charge is -2.41. The summed E-state index contributed by atoms with van der Waals surface area (Å²) in [4.78, 5) is 18.8. The van der Waals surface area contributed by atoms with Crippen LogP contribution in [0.15, 0.2) is 47.7 Å². The molecule has 1 N–H and O–H groups in total. The first-order valence-electron chi connectivity index (χ1n) is 13.1. The van der Waals surface area contributed by atoms with E-state index < -0.39 is 17.3 Å². The standard InChI is InChI=1S/C28H33F3N6O/c1-5-12-36(18(2)3)15-20-14-22-23(28(29,30)31)16-37(25(38)24(22)33-20)21-9-6-8-19(13-21)27(10-7-11-27)26-34-32-17-35(26)4/h6,8-9,13-14,16-18,33H,5,7,10-12,15H2,1-4H3. The summed E-state index contributed by atoms with van der Waals surface area (Å²) in [5.41, 5.74) is 0.138. The number of alkyl halides is 3. The maximum atomic E-state index is 14.3. The van der Waals surface area contributed by atoms with Crippen LogP contribution in [0.1, 0.15) is 69.1 Å². The minimum Gasteiger partial charge on any atom is -0.353 e. The van der Waals surface area contributed by atoms with Crippen LogP contribution >= 0.6 is 0 Å². The van der Waals surface area contributed by atoms with E-state index in [2.05, 4.69) is 40.9 Å². The summed E-state index contributed by atoms with van der Waals surface area (Å²) in [6, 6.07) is 8.92. The van der Waals surface area contributed by atoms with Gasteiger partial charge in [0.15, 0.2) is 0 Å². The van der Waals surface area contributed by atoms with Crippen molar-refractivity contribution in [1.82, 2.24) is 29.2 Å². The molecule has 0 bridgehead atoms. The maximum Gasteiger partial charge on any atom is 0.418 e. The van der Waals surface area contributed by atoms with Gasteiger partial charge in [-0.15, -0.1) is 10.2 Å². The van der Waals surface area contributed by atoms with E-state index in [0.717, 1.165) is 54.4 Å². The molecule has 202 valence electrons. The maximum absolute atomic E-state index is 14.3. The lowest BCUT2D eigenvalue weighted by Crippen LogP contribution is -2.38. The first kappa shape index (κ1) is 26.2. The van der Waals surface area contributed by atoms with Crippen LogP contribution in [0.25, 0.3) is 16.6 Å². The second-order valence-electron chi connectivity index (χ2n) is 10.6. The zero-order valence-electron chi connectivity index (χ0n) is 22.1. The molecule has 10 heteroatoms. The highest BCUT2D eigenvalue weighted by atomic mass is 19.4. The van der Waals surface area contributed by atoms with Crippen molar-refractivity contribution in [3.63, 3.8) is 0 Å². The SMILES string of the molecule is CCCN(Cc1cc2c(C(F)(F)F)cn(-c3cccc(C4(c5nncn5C)CCC4)c3)c(=O)c2[nH]1)C(C)C. The van der Waals surface area contributed by atoms with Crippen molar-refractivity contribution in [3.05, 3.63) is 75.9 Å². The summed E-state index contributed by atoms with van der Waals surface area (Å²) in [7, 11) is 1.89. The van der Waals surface area contributed by atoms with Crippen LogP contribution in [0, 0.1) is 0 Å². The van der Waals surface area contributed by atoms with Gasteiger partial charge in [0, 0.05) is 42.6 Å². The average Bonchev–Trinajstić information content (AvgIpc) is 3.45. The van der Waals surface area contributed by atoms with Gasteiger partial charge in [-0.25, -0.2) is 0 Å². The Morgan fingerprint density at radius 1 is 1.21 bits per heavy atom. The Hall–Kier alpha value is -3.40. The average molecular weight is 527 g/mol. The first-order chi connectivity index (χ1) is 18.0. The monoisotopic (exact) mass is 526 g/mol. The van der Waals surface area contributed by atoms with Crippen LogP contribution in [-0.2, 0) is 25.2 Å². The number of halogens is 3. The molecule has 1 aliphatic carbocycles. The van der Waals surface area contributed by atoms with E-state index in [9.17, 15) is 18.0 Å². The molecular formula is C28H33F3N6O. The third-order valence-electron chi connectivity index (χ3n) is 7.80. The molecule has 5 rings (SSSR count). The van der Waals surface area contributed by atoms with E-state index in [0.29, 0.717) is 17.9 Å². The summed E-state index contributed by atoms with van der Waals surface area (Å²) < 4.78 is 45.8. The second-order valence-corrected chi connectivity index (χ2v) is 10.6. The van der Waals surface area contributed by atoms with Gasteiger partial charge in [0.2, 0.25) is 0 Å². The number of nitrogens with zero attached hydrogens (tertiary/aromatic N) is 5. The van der Waals surface area contributed by atoms with Crippen molar-refractivity contribution in [1.29, 1.82) is 0 Å². The molecule has 4 aromatic rings. The molecule has 1 saturated carbocycles. The highest BCUT2D eigenvalue weighted by Crippen LogP contribution is 2.48. The van der Waals surface area contributed by atoms with Crippen LogP contribution in [0.4, 0.5) is 13.2 Å². The normalized spacial score (nSPS) is 15.5. The number of nitrogens with one attached hydrogen (secondary N) is 1. The Morgan fingerprint density at radius 2 is 1.97 bits per heavy atom. The fraction of sp³-hybridized carbons (Fsp3) is 0.464. The van der Waals surface area contributed by atoms with Crippen molar-refractivity contribution in [2.24, 2.45) is 7.05 Å². The van der Waals surface area contributed by atoms with Crippen LogP contribution in [0.2, 0.25) is 0 Å². The Morgan fingerprint density at radius 3 is 2.55 bits per heavy atom. The number of hydrogen-bond donors (Lipinski definition) is 1. The Kier molecular flexibility index (Phi) is 6.71. The zero-order chi connectivity index (χ0) is 27.2. The topological polar surface area (TPSA) is 71.7 Å². The molecule has 0 unspecified atom stereocenters. The molecule has 3 heterocycles. The molecule has 38 heavy (non-hydrogen) atoms. The molecule has 1 aromatic carbocycles. The smallest absolute Gasteiger partial charge is 0.353 e. The van der Waals surface area contributed by atoms with Gasteiger partial charge in [0.05, 0.1) is 11.0 Å². The Labute approximate surface area is 219 Å². The fourth-order valence-corrected chi connectivity index (χ4v) is 5.64. The number of aryl methyl sites for hydroxylation is 1. The van der Waals surface area contributed by atoms with Gasteiger partial charge in [-0.3, -0.25) is 14.3 Å². The van der Waals surface area contributed by atoms with E-state index in [-0.39, 0.29) is 22.4 Å². The zero-order valence-corrected chi connectivity index (χ0v) is 22.1. The Balaban J connectivity index is 1.63. The second kappa shape index (κ2) is 9.72. The highest BCUT2D eigenvalue weighted by Gasteiger charge is 2.44. The van der Waals surface area contributed by atoms with Crippen molar-refractivity contribution >= 4 is 10.9 Å². The number of rotatable bonds is 8. The van der Waals surface area contributed by atoms with Crippen LogP contribution in [0.3, 0.4) is 0 Å². The molecule has 0 spiro atoms. The summed E-state index contributed by atoms with van der Waals surface area (Å²) >= 11 is 0. The van der Waals surface area contributed by atoms with E-state index in [4.69, 9.17) is 0 Å². The van der Waals surface area contributed by atoms with E-state index >= 15 is 0 Å². The summed E-state index contributed by atoms with van der Waals surface area (Å²) in [5.74, 6) is 0.815. The molecule has 0 saturated heterocycles. The summed E-state index contributed by atoms with van der Waals surface area (Å²) in [6.07, 6.45) is 1.60. The van der Waals surface area contributed by atoms with E-state index in [1.165, 1.54) is 6.07 Å². The van der Waals surface area contributed by atoms with Gasteiger partial charge < -0.3 is 9.55 Å². The number of aromatic amines is 1. The number of pyridine rings is 1. The first-order valence-corrected chi connectivity index (χ1v) is 13.1. The third kappa shape index (κ3) is 4.44. The fourth-order valence-electron chi connectivity index (χ4n) is 5.64. The minimum atomic E-state index is -4.63. The van der Waals surface area contributed by atoms with Gasteiger partial charge >= 0.3 is 6.18 Å². The predicted octanol–water partition coefficient (Wildman–Crippen LogP) is 5.56. The third-order valence-corrected chi connectivity index (χ3v) is 7.80. The van der Waals surface area contributed by atoms with Crippen molar-refractivity contribution in [2.75, 3.05) is 6.54 Å². The number of benzene rings is 1. The van der Waals surface area contributed by atoms with Crippen molar-refractivity contribution in [2.45, 2.75) is 70.6 Å². The minimum absolute atomic E-state index is 0.0351. The summed E-state index contributed by atoms with van der Waals surface area (Å²) in [5, 5.41) is 8.27. The number of H-pyrrole nitrogens is 1. The number of fused-ring (bicyclic) bond motifs is 1. The molecule has 0 aliphatic heterocycles. The Bertz CT molecular complexity index is 1510. The molecule has 0 radical (unpaired) electrons. The lowest BCUT2D eigenvalue weighted by atomic mass is 9.63. The van der Waals surface area contributed by atoms with Crippen molar-refractivity contribution < 1.29 is 13.2 Å². The van der Waals surface area contributed by atoms with E-state index in [1.807, 2.05) is 23.7 Å². The molecule has 0 atom stereocenters. The van der Waals surface area contributed by atoms with Crippen molar-refractivity contribution in [3.8, 4) is 5.69 Å². The quantitative estimate of drug-likeness (QED) is 0.327. The highest BCUT2D eigenvalue weighted by molar-refractivity contribution is 5.84. The van der Waals surface area contributed by atoms with Gasteiger partial charge in [-0.05, 0) is 63.4 Å². The van der Waals surface area contributed by atoms with Gasteiger partial charge in [-0.2, -0.15) is 13.2 Å². The molecule has 3 aromatic heterocycles. The van der Waals surface area contributed by atoms with Crippen LogP contribution in [-0.4, -0.2) is 41.8 Å². The lowest BCUT2D eigenvalue weighted by molar-refractivity contribution is -0.136. The largest absolute Gasteiger partial charge is 0.418 e. The number of hydrogen-bond acceptors (Lipinski definition) is 4. The van der Waals surface area contributed by atoms with Crippen LogP contribution in [0.5, 0.6) is 0 Å². The van der Waals surface area contributed by atoms with Gasteiger partial charge in [0.25, 0.3) is 5.56 Å². The predicted molar refractivity (Wildman–Crippen MR) is 140 cm³/mol. The van der Waals surface area contributed by atoms with Gasteiger partial charge in [-0.1, -0.05) is 25.5 Å². The molecule has 0 amide bonds. The molecule has 7 nitrogen and oxygen atoms in total. The summed E-state index contributed by atoms with van der Waals surface area (Å²) in [6.45, 7) is 7.41. The van der Waals surface area contributed by atoms with E-state index in [1.54, 1.807) is 18.5 Å². The molecule has 1 fully saturated rings. The van der Waals surface area contributed by atoms with Crippen LogP contribution < -0.4 is 5.56 Å². The molecule has 1 aliphatic rings. The molecular weight excluding hydrogens is 493 g/mol.